The van der Waals surface area contributed by atoms with E-state index >= 15 is 0 Å². The zero-order chi connectivity index (χ0) is 24.2. The molecule has 1 atom stereocenters. The predicted octanol–water partition coefficient (Wildman–Crippen LogP) is 4.45. The number of fused-ring (bicyclic) bond motifs is 1. The lowest BCUT2D eigenvalue weighted by Gasteiger charge is -2.39. The van der Waals surface area contributed by atoms with E-state index in [1.54, 1.807) is 0 Å². The van der Waals surface area contributed by atoms with E-state index in [9.17, 15) is 4.79 Å². The van der Waals surface area contributed by atoms with Gasteiger partial charge < -0.3 is 15.1 Å². The van der Waals surface area contributed by atoms with Gasteiger partial charge in [0.05, 0.1) is 6.04 Å². The molecule has 5 nitrogen and oxygen atoms in total. The molecule has 0 unspecified atom stereocenters. The zero-order valence-electron chi connectivity index (χ0n) is 20.9. The standard InChI is InChI=1S/C30H36N4O/c1-32-17-19-34(20-18-32)29(27-14-15-28-26(21-27)9-6-16-33(28)2)22-31-30(35)25-12-10-24(11-13-25)23-7-4-3-5-8-23/h3-5,7-8,10-15,21,29H,6,9,16-20,22H2,1-2H3,(H,31,35)/t29-/m1/s1. The molecule has 35 heavy (non-hydrogen) atoms. The monoisotopic (exact) mass is 468 g/mol. The minimum atomic E-state index is -0.0126. The van der Waals surface area contributed by atoms with Crippen molar-refractivity contribution >= 4 is 11.6 Å². The highest BCUT2D eigenvalue weighted by molar-refractivity contribution is 5.94. The number of aryl methyl sites for hydroxylation is 1. The van der Waals surface area contributed by atoms with Crippen molar-refractivity contribution in [2.45, 2.75) is 18.9 Å². The Bertz CT molecular complexity index is 1140. The van der Waals surface area contributed by atoms with Crippen LogP contribution < -0.4 is 10.2 Å². The molecule has 0 radical (unpaired) electrons. The van der Waals surface area contributed by atoms with Crippen molar-refractivity contribution in [2.75, 3.05) is 58.3 Å². The van der Waals surface area contributed by atoms with Crippen LogP contribution in [-0.4, -0.2) is 69.1 Å². The Hall–Kier alpha value is -3.15. The summed E-state index contributed by atoms with van der Waals surface area (Å²) in [4.78, 5) is 20.4. The third-order valence-electron chi connectivity index (χ3n) is 7.53. The maximum absolute atomic E-state index is 13.1. The smallest absolute Gasteiger partial charge is 0.251 e. The molecule has 0 spiro atoms. The number of anilines is 1. The van der Waals surface area contributed by atoms with Crippen LogP contribution in [0.1, 0.15) is 33.9 Å². The Balaban J connectivity index is 1.32. The quantitative estimate of drug-likeness (QED) is 0.580. The largest absolute Gasteiger partial charge is 0.374 e. The van der Waals surface area contributed by atoms with Gasteiger partial charge in [0.25, 0.3) is 5.91 Å². The van der Waals surface area contributed by atoms with Gasteiger partial charge >= 0.3 is 0 Å². The average Bonchev–Trinajstić information content (AvgIpc) is 2.90. The molecular formula is C30H36N4O. The summed E-state index contributed by atoms with van der Waals surface area (Å²) in [6, 6.07) is 25.3. The number of likely N-dealkylation sites (N-methyl/N-ethyl adjacent to an activating group) is 1. The number of carbonyl (C=O) groups excluding carboxylic acids is 1. The third kappa shape index (κ3) is 5.42. The molecule has 3 aromatic rings. The molecule has 1 amide bonds. The lowest BCUT2D eigenvalue weighted by molar-refractivity contribution is 0.0886. The van der Waals surface area contributed by atoms with Crippen LogP contribution in [0.4, 0.5) is 5.69 Å². The Morgan fingerprint density at radius 2 is 1.57 bits per heavy atom. The zero-order valence-corrected chi connectivity index (χ0v) is 20.9. The van der Waals surface area contributed by atoms with E-state index < -0.39 is 0 Å². The molecule has 2 heterocycles. The summed E-state index contributed by atoms with van der Waals surface area (Å²) in [7, 11) is 4.36. The van der Waals surface area contributed by atoms with Crippen LogP contribution in [0.5, 0.6) is 0 Å². The average molecular weight is 469 g/mol. The summed E-state index contributed by atoms with van der Waals surface area (Å²) < 4.78 is 0. The SMILES string of the molecule is CN1CCN([C@H](CNC(=O)c2ccc(-c3ccccc3)cc2)c2ccc3c(c2)CCCN3C)CC1. The van der Waals surface area contributed by atoms with E-state index in [0.29, 0.717) is 12.1 Å². The number of rotatable bonds is 6. The molecule has 1 fully saturated rings. The van der Waals surface area contributed by atoms with E-state index in [1.807, 2.05) is 42.5 Å². The molecule has 5 heteroatoms. The Kier molecular flexibility index (Phi) is 7.16. The number of hydrogen-bond acceptors (Lipinski definition) is 4. The third-order valence-corrected chi connectivity index (χ3v) is 7.53. The highest BCUT2D eigenvalue weighted by Crippen LogP contribution is 2.31. The molecule has 182 valence electrons. The van der Waals surface area contributed by atoms with E-state index in [0.717, 1.165) is 50.3 Å². The van der Waals surface area contributed by atoms with Crippen LogP contribution in [0, 0.1) is 0 Å². The van der Waals surface area contributed by atoms with Crippen molar-refractivity contribution in [1.82, 2.24) is 15.1 Å². The predicted molar refractivity (Wildman–Crippen MR) is 144 cm³/mol. The first-order valence-electron chi connectivity index (χ1n) is 12.8. The fourth-order valence-electron chi connectivity index (χ4n) is 5.34. The first-order chi connectivity index (χ1) is 17.1. The van der Waals surface area contributed by atoms with Gasteiger partial charge in [-0.05, 0) is 60.3 Å². The van der Waals surface area contributed by atoms with Crippen molar-refractivity contribution in [1.29, 1.82) is 0 Å². The van der Waals surface area contributed by atoms with Crippen LogP contribution in [0.2, 0.25) is 0 Å². The van der Waals surface area contributed by atoms with Gasteiger partial charge in [0, 0.05) is 57.6 Å². The van der Waals surface area contributed by atoms with E-state index in [1.165, 1.54) is 23.2 Å². The van der Waals surface area contributed by atoms with Crippen LogP contribution in [0.25, 0.3) is 11.1 Å². The molecule has 5 rings (SSSR count). The maximum atomic E-state index is 13.1. The number of nitrogens with zero attached hydrogens (tertiary/aromatic N) is 3. The maximum Gasteiger partial charge on any atom is 0.251 e. The molecular weight excluding hydrogens is 432 g/mol. The molecule has 3 aromatic carbocycles. The molecule has 0 aromatic heterocycles. The first-order valence-corrected chi connectivity index (χ1v) is 12.8. The number of hydrogen-bond donors (Lipinski definition) is 1. The Morgan fingerprint density at radius 3 is 2.31 bits per heavy atom. The lowest BCUT2D eigenvalue weighted by Crippen LogP contribution is -2.48. The van der Waals surface area contributed by atoms with Gasteiger partial charge in [-0.2, -0.15) is 0 Å². The highest BCUT2D eigenvalue weighted by Gasteiger charge is 2.26. The molecule has 1 saturated heterocycles. The van der Waals surface area contributed by atoms with Crippen LogP contribution in [-0.2, 0) is 6.42 Å². The first kappa shape index (κ1) is 23.6. The van der Waals surface area contributed by atoms with Crippen LogP contribution in [0.15, 0.2) is 72.8 Å². The van der Waals surface area contributed by atoms with Gasteiger partial charge in [-0.25, -0.2) is 0 Å². The van der Waals surface area contributed by atoms with Gasteiger partial charge in [0.15, 0.2) is 0 Å². The molecule has 2 aliphatic rings. The number of nitrogens with one attached hydrogen (secondary N) is 1. The summed E-state index contributed by atoms with van der Waals surface area (Å²) in [5.41, 5.74) is 7.07. The summed E-state index contributed by atoms with van der Waals surface area (Å²) in [5.74, 6) is -0.0126. The second-order valence-electron chi connectivity index (χ2n) is 9.92. The lowest BCUT2D eigenvalue weighted by atomic mass is 9.95. The van der Waals surface area contributed by atoms with Crippen LogP contribution in [0.3, 0.4) is 0 Å². The number of carbonyl (C=O) groups is 1. The Labute approximate surface area is 209 Å². The van der Waals surface area contributed by atoms with Crippen molar-refractivity contribution in [3.8, 4) is 11.1 Å². The van der Waals surface area contributed by atoms with E-state index in [-0.39, 0.29) is 11.9 Å². The van der Waals surface area contributed by atoms with Crippen LogP contribution >= 0.6 is 0 Å². The van der Waals surface area contributed by atoms with Gasteiger partial charge in [0.2, 0.25) is 0 Å². The van der Waals surface area contributed by atoms with Gasteiger partial charge in [-0.1, -0.05) is 54.6 Å². The van der Waals surface area contributed by atoms with E-state index in [2.05, 4.69) is 64.4 Å². The Morgan fingerprint density at radius 1 is 0.857 bits per heavy atom. The summed E-state index contributed by atoms with van der Waals surface area (Å²) in [6.07, 6.45) is 2.32. The molecule has 0 saturated carbocycles. The van der Waals surface area contributed by atoms with Crippen molar-refractivity contribution in [3.05, 3.63) is 89.5 Å². The highest BCUT2D eigenvalue weighted by atomic mass is 16.1. The second kappa shape index (κ2) is 10.6. The number of amides is 1. The number of piperazine rings is 1. The van der Waals surface area contributed by atoms with Crippen molar-refractivity contribution in [2.24, 2.45) is 0 Å². The topological polar surface area (TPSA) is 38.8 Å². The molecule has 1 N–H and O–H groups in total. The van der Waals surface area contributed by atoms with Crippen molar-refractivity contribution < 1.29 is 4.79 Å². The summed E-state index contributed by atoms with van der Waals surface area (Å²) in [5, 5.41) is 3.25. The van der Waals surface area contributed by atoms with Gasteiger partial charge in [-0.15, -0.1) is 0 Å². The molecule has 0 aliphatic carbocycles. The fraction of sp³-hybridized carbons (Fsp3) is 0.367. The minimum Gasteiger partial charge on any atom is -0.374 e. The van der Waals surface area contributed by atoms with E-state index in [4.69, 9.17) is 0 Å². The summed E-state index contributed by atoms with van der Waals surface area (Å²) in [6.45, 7) is 5.86. The van der Waals surface area contributed by atoms with Crippen molar-refractivity contribution in [3.63, 3.8) is 0 Å². The van der Waals surface area contributed by atoms with Gasteiger partial charge in [0.1, 0.15) is 0 Å². The molecule has 2 aliphatic heterocycles. The minimum absolute atomic E-state index is 0.0126. The fourth-order valence-corrected chi connectivity index (χ4v) is 5.34. The number of benzene rings is 3. The van der Waals surface area contributed by atoms with Gasteiger partial charge in [-0.3, -0.25) is 9.69 Å². The second-order valence-corrected chi connectivity index (χ2v) is 9.92. The normalized spacial score (nSPS) is 17.6. The molecule has 0 bridgehead atoms. The summed E-state index contributed by atoms with van der Waals surface area (Å²) >= 11 is 0.